The molecule has 0 bridgehead atoms. The highest BCUT2D eigenvalue weighted by atomic mass is 16.5. The Hall–Kier alpha value is -1.43. The van der Waals surface area contributed by atoms with E-state index in [4.69, 9.17) is 4.74 Å². The topological polar surface area (TPSA) is 61.8 Å². The highest BCUT2D eigenvalue weighted by molar-refractivity contribution is 5.89. The predicted octanol–water partition coefficient (Wildman–Crippen LogP) is 0.802. The third kappa shape index (κ3) is 3.56. The summed E-state index contributed by atoms with van der Waals surface area (Å²) in [5.41, 5.74) is 1.62. The van der Waals surface area contributed by atoms with Gasteiger partial charge >= 0.3 is 5.97 Å². The summed E-state index contributed by atoms with van der Waals surface area (Å²) >= 11 is 0. The summed E-state index contributed by atoms with van der Waals surface area (Å²) in [7, 11) is 1.39. The maximum absolute atomic E-state index is 11.6. The van der Waals surface area contributed by atoms with E-state index in [1.807, 2.05) is 18.2 Å². The van der Waals surface area contributed by atoms with Gasteiger partial charge in [-0.15, -0.1) is 0 Å². The lowest BCUT2D eigenvalue weighted by molar-refractivity contribution is 0.0600. The van der Waals surface area contributed by atoms with Gasteiger partial charge in [0.25, 0.3) is 0 Å². The molecule has 5 nitrogen and oxygen atoms in total. The van der Waals surface area contributed by atoms with Crippen LogP contribution >= 0.6 is 0 Å². The first-order valence-corrected chi connectivity index (χ1v) is 7.00. The van der Waals surface area contributed by atoms with Crippen LogP contribution in [0.25, 0.3) is 0 Å². The molecule has 1 fully saturated rings. The number of carbonyl (C=O) groups is 1. The number of aliphatic hydroxyl groups is 1. The summed E-state index contributed by atoms with van der Waals surface area (Å²) in [5.74, 6) is -0.324. The molecule has 5 heteroatoms. The summed E-state index contributed by atoms with van der Waals surface area (Å²) < 4.78 is 4.76. The average Bonchev–Trinajstić information content (AvgIpc) is 2.52. The molecule has 1 aliphatic heterocycles. The van der Waals surface area contributed by atoms with Gasteiger partial charge in [-0.2, -0.15) is 0 Å². The van der Waals surface area contributed by atoms with Gasteiger partial charge in [0.05, 0.1) is 12.7 Å². The Morgan fingerprint density at radius 3 is 2.85 bits per heavy atom. The van der Waals surface area contributed by atoms with Crippen LogP contribution in [0, 0.1) is 0 Å². The molecular weight excluding hydrogens is 256 g/mol. The number of piperazine rings is 1. The van der Waals surface area contributed by atoms with E-state index in [0.29, 0.717) is 12.0 Å². The molecule has 1 heterocycles. The molecule has 0 saturated carbocycles. The van der Waals surface area contributed by atoms with Crippen LogP contribution in [0.5, 0.6) is 0 Å². The van der Waals surface area contributed by atoms with Crippen molar-refractivity contribution in [2.45, 2.75) is 12.5 Å². The number of aliphatic hydroxyl groups excluding tert-OH is 1. The van der Waals surface area contributed by atoms with Crippen molar-refractivity contribution in [1.29, 1.82) is 0 Å². The molecular formula is C15H22N2O3. The Kier molecular flexibility index (Phi) is 5.52. The molecule has 2 rings (SSSR count). The third-order valence-corrected chi connectivity index (χ3v) is 3.69. The summed E-state index contributed by atoms with van der Waals surface area (Å²) in [4.78, 5) is 14.0. The maximum atomic E-state index is 11.6. The number of benzene rings is 1. The van der Waals surface area contributed by atoms with Gasteiger partial charge < -0.3 is 15.2 Å². The van der Waals surface area contributed by atoms with E-state index in [2.05, 4.69) is 10.2 Å². The van der Waals surface area contributed by atoms with E-state index >= 15 is 0 Å². The fourth-order valence-corrected chi connectivity index (χ4v) is 2.67. The van der Waals surface area contributed by atoms with E-state index < -0.39 is 0 Å². The van der Waals surface area contributed by atoms with E-state index in [1.54, 1.807) is 6.07 Å². The first kappa shape index (κ1) is 15.0. The lowest BCUT2D eigenvalue weighted by Gasteiger charge is -2.35. The fraction of sp³-hybridized carbons (Fsp3) is 0.533. The van der Waals surface area contributed by atoms with E-state index in [0.717, 1.165) is 31.7 Å². The van der Waals surface area contributed by atoms with Crippen LogP contribution in [-0.2, 0) is 4.74 Å². The number of esters is 1. The number of hydrogen-bond donors (Lipinski definition) is 2. The second-order valence-corrected chi connectivity index (χ2v) is 4.93. The Balaban J connectivity index is 2.21. The molecule has 0 amide bonds. The smallest absolute Gasteiger partial charge is 0.337 e. The molecule has 20 heavy (non-hydrogen) atoms. The number of methoxy groups -OCH3 is 1. The molecule has 1 aromatic carbocycles. The predicted molar refractivity (Wildman–Crippen MR) is 76.7 cm³/mol. The fourth-order valence-electron chi connectivity index (χ4n) is 2.67. The average molecular weight is 278 g/mol. The number of ether oxygens (including phenoxy) is 1. The summed E-state index contributed by atoms with van der Waals surface area (Å²) in [6.45, 7) is 3.95. The molecule has 1 aromatic rings. The minimum atomic E-state index is -0.324. The van der Waals surface area contributed by atoms with Crippen molar-refractivity contribution in [3.05, 3.63) is 35.4 Å². The first-order chi connectivity index (χ1) is 9.76. The first-order valence-electron chi connectivity index (χ1n) is 7.00. The summed E-state index contributed by atoms with van der Waals surface area (Å²) in [5, 5.41) is 12.6. The van der Waals surface area contributed by atoms with Gasteiger partial charge in [0.15, 0.2) is 0 Å². The standard InChI is InChI=1S/C15H22N2O3/c1-20-15(19)13-4-2-3-12(11-13)14(5-10-18)17-8-6-16-7-9-17/h2-4,11,14,16,18H,5-10H2,1H3/t14-/m0/s1. The van der Waals surface area contributed by atoms with Crippen LogP contribution in [-0.4, -0.2) is 55.9 Å². The van der Waals surface area contributed by atoms with Crippen molar-refractivity contribution in [3.8, 4) is 0 Å². The SMILES string of the molecule is COC(=O)c1cccc([C@H](CCO)N2CCNCC2)c1. The van der Waals surface area contributed by atoms with Gasteiger partial charge in [-0.1, -0.05) is 12.1 Å². The summed E-state index contributed by atoms with van der Waals surface area (Å²) in [6, 6.07) is 7.65. The highest BCUT2D eigenvalue weighted by Crippen LogP contribution is 2.25. The zero-order valence-electron chi connectivity index (χ0n) is 11.8. The van der Waals surface area contributed by atoms with Crippen LogP contribution in [0.4, 0.5) is 0 Å². The van der Waals surface area contributed by atoms with Crippen molar-refractivity contribution in [2.24, 2.45) is 0 Å². The van der Waals surface area contributed by atoms with E-state index in [9.17, 15) is 9.90 Å². The zero-order chi connectivity index (χ0) is 14.4. The van der Waals surface area contributed by atoms with Crippen molar-refractivity contribution in [2.75, 3.05) is 39.9 Å². The second-order valence-electron chi connectivity index (χ2n) is 4.93. The lowest BCUT2D eigenvalue weighted by Crippen LogP contribution is -2.45. The van der Waals surface area contributed by atoms with Crippen LogP contribution in [0.15, 0.2) is 24.3 Å². The Morgan fingerprint density at radius 1 is 1.45 bits per heavy atom. The molecule has 0 unspecified atom stereocenters. The number of nitrogens with one attached hydrogen (secondary N) is 1. The molecule has 0 aliphatic carbocycles. The number of hydrogen-bond acceptors (Lipinski definition) is 5. The number of nitrogens with zero attached hydrogens (tertiary/aromatic N) is 1. The monoisotopic (exact) mass is 278 g/mol. The van der Waals surface area contributed by atoms with Gasteiger partial charge in [-0.05, 0) is 24.1 Å². The molecule has 1 saturated heterocycles. The molecule has 110 valence electrons. The minimum Gasteiger partial charge on any atom is -0.465 e. The normalized spacial score (nSPS) is 17.7. The zero-order valence-corrected chi connectivity index (χ0v) is 11.8. The summed E-state index contributed by atoms with van der Waals surface area (Å²) in [6.07, 6.45) is 0.671. The third-order valence-electron chi connectivity index (χ3n) is 3.69. The van der Waals surface area contributed by atoms with Crippen LogP contribution in [0.1, 0.15) is 28.4 Å². The Bertz CT molecular complexity index is 444. The molecule has 0 radical (unpaired) electrons. The minimum absolute atomic E-state index is 0.136. The van der Waals surface area contributed by atoms with Gasteiger partial charge in [-0.3, -0.25) is 4.90 Å². The largest absolute Gasteiger partial charge is 0.465 e. The molecule has 2 N–H and O–H groups in total. The molecule has 0 spiro atoms. The number of rotatable bonds is 5. The number of carbonyl (C=O) groups excluding carboxylic acids is 1. The van der Waals surface area contributed by atoms with Crippen molar-refractivity contribution in [1.82, 2.24) is 10.2 Å². The molecule has 1 atom stereocenters. The van der Waals surface area contributed by atoms with Gasteiger partial charge in [0.1, 0.15) is 0 Å². The van der Waals surface area contributed by atoms with E-state index in [-0.39, 0.29) is 18.6 Å². The Labute approximate surface area is 119 Å². The van der Waals surface area contributed by atoms with Gasteiger partial charge in [0, 0.05) is 38.8 Å². The maximum Gasteiger partial charge on any atom is 0.337 e. The quantitative estimate of drug-likeness (QED) is 0.780. The van der Waals surface area contributed by atoms with E-state index in [1.165, 1.54) is 7.11 Å². The van der Waals surface area contributed by atoms with Crippen molar-refractivity contribution >= 4 is 5.97 Å². The molecule has 1 aliphatic rings. The van der Waals surface area contributed by atoms with Crippen LogP contribution < -0.4 is 5.32 Å². The molecule has 0 aromatic heterocycles. The highest BCUT2D eigenvalue weighted by Gasteiger charge is 2.22. The van der Waals surface area contributed by atoms with Gasteiger partial charge in [-0.25, -0.2) is 4.79 Å². The Morgan fingerprint density at radius 2 is 2.20 bits per heavy atom. The second kappa shape index (κ2) is 7.38. The van der Waals surface area contributed by atoms with Crippen LogP contribution in [0.3, 0.4) is 0 Å². The van der Waals surface area contributed by atoms with Crippen molar-refractivity contribution in [3.63, 3.8) is 0 Å². The lowest BCUT2D eigenvalue weighted by atomic mass is 9.99. The van der Waals surface area contributed by atoms with Gasteiger partial charge in [0.2, 0.25) is 0 Å². The van der Waals surface area contributed by atoms with Crippen molar-refractivity contribution < 1.29 is 14.6 Å². The van der Waals surface area contributed by atoms with Crippen LogP contribution in [0.2, 0.25) is 0 Å².